The van der Waals surface area contributed by atoms with Crippen molar-refractivity contribution >= 4 is 23.2 Å². The Kier molecular flexibility index (Phi) is 4.37. The smallest absolute Gasteiger partial charge is 0.227 e. The molecule has 118 valence electrons. The number of hydrogen-bond acceptors (Lipinski definition) is 2. The maximum atomic E-state index is 13.1. The topological polar surface area (TPSA) is 58.2 Å². The number of benzene rings is 2. The van der Waals surface area contributed by atoms with Gasteiger partial charge in [0, 0.05) is 23.7 Å². The summed E-state index contributed by atoms with van der Waals surface area (Å²) in [6.07, 6.45) is 1.31. The first-order valence-corrected chi connectivity index (χ1v) is 7.56. The van der Waals surface area contributed by atoms with Gasteiger partial charge in [-0.3, -0.25) is 9.59 Å². The Hall–Kier alpha value is -2.69. The van der Waals surface area contributed by atoms with Crippen LogP contribution in [0.2, 0.25) is 0 Å². The molecule has 3 rings (SSSR count). The fourth-order valence-electron chi connectivity index (χ4n) is 2.74. The first kappa shape index (κ1) is 15.2. The summed E-state index contributed by atoms with van der Waals surface area (Å²) in [6.45, 7) is 0. The second-order valence-corrected chi connectivity index (χ2v) is 5.64. The molecule has 0 aliphatic carbocycles. The summed E-state index contributed by atoms with van der Waals surface area (Å²) in [5.74, 6) is -0.890. The van der Waals surface area contributed by atoms with Crippen LogP contribution in [0.5, 0.6) is 0 Å². The molecule has 0 radical (unpaired) electrons. The summed E-state index contributed by atoms with van der Waals surface area (Å²) in [7, 11) is 0. The predicted molar refractivity (Wildman–Crippen MR) is 86.5 cm³/mol. The number of halogens is 1. The van der Waals surface area contributed by atoms with Crippen molar-refractivity contribution in [1.82, 2.24) is 0 Å². The molecule has 2 aromatic rings. The summed E-state index contributed by atoms with van der Waals surface area (Å²) in [4.78, 5) is 24.0. The molecule has 0 aromatic heterocycles. The van der Waals surface area contributed by atoms with Gasteiger partial charge in [-0.2, -0.15) is 0 Å². The van der Waals surface area contributed by atoms with E-state index in [9.17, 15) is 14.0 Å². The highest BCUT2D eigenvalue weighted by molar-refractivity contribution is 5.96. The Morgan fingerprint density at radius 2 is 2.04 bits per heavy atom. The van der Waals surface area contributed by atoms with Gasteiger partial charge in [0.1, 0.15) is 5.82 Å². The molecule has 2 aromatic carbocycles. The average molecular weight is 312 g/mol. The van der Waals surface area contributed by atoms with Gasteiger partial charge in [0.15, 0.2) is 0 Å². The van der Waals surface area contributed by atoms with E-state index in [1.807, 2.05) is 24.3 Å². The van der Waals surface area contributed by atoms with Crippen molar-refractivity contribution < 1.29 is 14.0 Å². The lowest BCUT2D eigenvalue weighted by Crippen LogP contribution is -2.30. The van der Waals surface area contributed by atoms with E-state index >= 15 is 0 Å². The van der Waals surface area contributed by atoms with Gasteiger partial charge in [0.05, 0.1) is 0 Å². The summed E-state index contributed by atoms with van der Waals surface area (Å²) >= 11 is 0. The number of carbonyl (C=O) groups excluding carboxylic acids is 2. The lowest BCUT2D eigenvalue weighted by molar-refractivity contribution is -0.121. The Balaban J connectivity index is 1.56. The fraction of sp³-hybridized carbons (Fsp3) is 0.222. The molecule has 2 amide bonds. The van der Waals surface area contributed by atoms with Crippen molar-refractivity contribution in [1.29, 1.82) is 0 Å². The molecule has 1 unspecified atom stereocenters. The highest BCUT2D eigenvalue weighted by Gasteiger charge is 2.26. The van der Waals surface area contributed by atoms with Crippen molar-refractivity contribution in [3.8, 4) is 0 Å². The fourth-order valence-corrected chi connectivity index (χ4v) is 2.74. The summed E-state index contributed by atoms with van der Waals surface area (Å²) < 4.78 is 13.1. The van der Waals surface area contributed by atoms with Crippen LogP contribution in [-0.2, 0) is 16.0 Å². The van der Waals surface area contributed by atoms with Crippen molar-refractivity contribution in [3.63, 3.8) is 0 Å². The van der Waals surface area contributed by atoms with Crippen molar-refractivity contribution in [2.45, 2.75) is 19.3 Å². The minimum absolute atomic E-state index is 0.0535. The minimum atomic E-state index is -0.397. The second-order valence-electron chi connectivity index (χ2n) is 5.64. The van der Waals surface area contributed by atoms with Crippen molar-refractivity contribution in [2.24, 2.45) is 5.92 Å². The van der Waals surface area contributed by atoms with Crippen LogP contribution in [0.15, 0.2) is 48.5 Å². The highest BCUT2D eigenvalue weighted by Crippen LogP contribution is 2.27. The van der Waals surface area contributed by atoms with E-state index < -0.39 is 5.82 Å². The summed E-state index contributed by atoms with van der Waals surface area (Å²) in [5, 5.41) is 5.52. The Morgan fingerprint density at radius 3 is 2.87 bits per heavy atom. The zero-order valence-corrected chi connectivity index (χ0v) is 12.5. The summed E-state index contributed by atoms with van der Waals surface area (Å²) in [6, 6.07) is 13.4. The number of anilines is 2. The predicted octanol–water partition coefficient (Wildman–Crippen LogP) is 3.36. The first-order valence-electron chi connectivity index (χ1n) is 7.56. The van der Waals surface area contributed by atoms with E-state index in [0.29, 0.717) is 18.5 Å². The van der Waals surface area contributed by atoms with E-state index in [0.717, 1.165) is 11.3 Å². The molecule has 2 N–H and O–H groups in total. The number of fused-ring (bicyclic) bond motifs is 1. The molecule has 1 aliphatic rings. The Morgan fingerprint density at radius 1 is 1.22 bits per heavy atom. The molecular formula is C18H17FN2O2. The van der Waals surface area contributed by atoms with E-state index in [-0.39, 0.29) is 24.2 Å². The molecule has 0 fully saturated rings. The SMILES string of the molecule is O=C(CCC1Cc2ccccc2NC1=O)Nc1cccc(F)c1. The normalized spacial score (nSPS) is 16.4. The Labute approximate surface area is 133 Å². The monoisotopic (exact) mass is 312 g/mol. The van der Waals surface area contributed by atoms with Gasteiger partial charge in [0.2, 0.25) is 11.8 Å². The van der Waals surface area contributed by atoms with E-state index in [2.05, 4.69) is 10.6 Å². The lowest BCUT2D eigenvalue weighted by Gasteiger charge is -2.24. The van der Waals surface area contributed by atoms with Crippen LogP contribution in [0.3, 0.4) is 0 Å². The maximum Gasteiger partial charge on any atom is 0.227 e. The average Bonchev–Trinajstić information content (AvgIpc) is 2.53. The van der Waals surface area contributed by atoms with Crippen LogP contribution in [0.1, 0.15) is 18.4 Å². The van der Waals surface area contributed by atoms with Crippen LogP contribution >= 0.6 is 0 Å². The van der Waals surface area contributed by atoms with Crippen molar-refractivity contribution in [2.75, 3.05) is 10.6 Å². The van der Waals surface area contributed by atoms with Crippen molar-refractivity contribution in [3.05, 3.63) is 59.9 Å². The lowest BCUT2D eigenvalue weighted by atomic mass is 9.89. The second kappa shape index (κ2) is 6.60. The third-order valence-electron chi connectivity index (χ3n) is 3.94. The zero-order chi connectivity index (χ0) is 16.2. The van der Waals surface area contributed by atoms with Gasteiger partial charge >= 0.3 is 0 Å². The highest BCUT2D eigenvalue weighted by atomic mass is 19.1. The van der Waals surface area contributed by atoms with E-state index in [4.69, 9.17) is 0 Å². The molecular weight excluding hydrogens is 295 g/mol. The molecule has 0 saturated heterocycles. The largest absolute Gasteiger partial charge is 0.326 e. The van der Waals surface area contributed by atoms with E-state index in [1.165, 1.54) is 18.2 Å². The van der Waals surface area contributed by atoms with Gasteiger partial charge in [-0.15, -0.1) is 0 Å². The van der Waals surface area contributed by atoms with Gasteiger partial charge in [-0.25, -0.2) is 4.39 Å². The molecule has 5 heteroatoms. The molecule has 0 bridgehead atoms. The Bertz CT molecular complexity index is 745. The number of rotatable bonds is 4. The van der Waals surface area contributed by atoms with Gasteiger partial charge in [0.25, 0.3) is 0 Å². The molecule has 1 aliphatic heterocycles. The molecule has 0 spiro atoms. The molecule has 4 nitrogen and oxygen atoms in total. The minimum Gasteiger partial charge on any atom is -0.326 e. The van der Waals surface area contributed by atoms with Crippen LogP contribution in [0, 0.1) is 11.7 Å². The van der Waals surface area contributed by atoms with Gasteiger partial charge < -0.3 is 10.6 Å². The maximum absolute atomic E-state index is 13.1. The van der Waals surface area contributed by atoms with Gasteiger partial charge in [-0.05, 0) is 42.7 Å². The third kappa shape index (κ3) is 3.74. The quantitative estimate of drug-likeness (QED) is 0.909. The number of hydrogen-bond donors (Lipinski definition) is 2. The summed E-state index contributed by atoms with van der Waals surface area (Å²) in [5.41, 5.74) is 2.36. The van der Waals surface area contributed by atoms with Gasteiger partial charge in [-0.1, -0.05) is 24.3 Å². The zero-order valence-electron chi connectivity index (χ0n) is 12.5. The molecule has 0 saturated carbocycles. The molecule has 1 atom stereocenters. The number of carbonyl (C=O) groups is 2. The van der Waals surface area contributed by atoms with E-state index in [1.54, 1.807) is 6.07 Å². The van der Waals surface area contributed by atoms with Crippen LogP contribution < -0.4 is 10.6 Å². The van der Waals surface area contributed by atoms with Crippen LogP contribution in [-0.4, -0.2) is 11.8 Å². The standard InChI is InChI=1S/C18H17FN2O2/c19-14-5-3-6-15(11-14)20-17(22)9-8-13-10-12-4-1-2-7-16(12)21-18(13)23/h1-7,11,13H,8-10H2,(H,20,22)(H,21,23). The third-order valence-corrected chi connectivity index (χ3v) is 3.94. The molecule has 23 heavy (non-hydrogen) atoms. The van der Waals surface area contributed by atoms with Crippen LogP contribution in [0.25, 0.3) is 0 Å². The number of nitrogens with one attached hydrogen (secondary N) is 2. The number of para-hydroxylation sites is 1. The molecule has 1 heterocycles. The van der Waals surface area contributed by atoms with Crippen LogP contribution in [0.4, 0.5) is 15.8 Å². The number of amides is 2. The first-order chi connectivity index (χ1) is 11.1.